The van der Waals surface area contributed by atoms with E-state index >= 15 is 0 Å². The maximum atomic E-state index is 13.2. The molecule has 2 aromatic rings. The van der Waals surface area contributed by atoms with Gasteiger partial charge in [0.2, 0.25) is 0 Å². The van der Waals surface area contributed by atoms with Gasteiger partial charge < -0.3 is 15.2 Å². The van der Waals surface area contributed by atoms with Crippen LogP contribution >= 0.6 is 0 Å². The van der Waals surface area contributed by atoms with Crippen molar-refractivity contribution >= 4 is 17.8 Å². The highest BCUT2D eigenvalue weighted by atomic mass is 19.4. The number of anilines is 1. The molecule has 0 unspecified atom stereocenters. The van der Waals surface area contributed by atoms with Gasteiger partial charge in [-0.3, -0.25) is 9.69 Å². The predicted octanol–water partition coefficient (Wildman–Crippen LogP) is 4.17. The molecule has 1 aromatic heterocycles. The predicted molar refractivity (Wildman–Crippen MR) is 102 cm³/mol. The van der Waals surface area contributed by atoms with Crippen molar-refractivity contribution in [3.63, 3.8) is 0 Å². The molecule has 0 saturated heterocycles. The first-order valence-corrected chi connectivity index (χ1v) is 8.93. The van der Waals surface area contributed by atoms with E-state index in [0.717, 1.165) is 12.1 Å². The number of alkyl halides is 3. The lowest BCUT2D eigenvalue weighted by molar-refractivity contribution is -0.137. The lowest BCUT2D eigenvalue weighted by Crippen LogP contribution is -2.48. The lowest BCUT2D eigenvalue weighted by atomic mass is 9.93. The summed E-state index contributed by atoms with van der Waals surface area (Å²) in [6.45, 7) is 6.90. The number of halogens is 3. The molecule has 1 aliphatic heterocycles. The minimum atomic E-state index is -4.57. The van der Waals surface area contributed by atoms with Crippen molar-refractivity contribution in [1.82, 2.24) is 15.4 Å². The third-order valence-electron chi connectivity index (χ3n) is 4.57. The van der Waals surface area contributed by atoms with Gasteiger partial charge in [-0.25, -0.2) is 4.79 Å². The first-order chi connectivity index (χ1) is 14.1. The van der Waals surface area contributed by atoms with E-state index in [-0.39, 0.29) is 23.5 Å². The monoisotopic (exact) mass is 420 g/mol. The zero-order valence-electron chi connectivity index (χ0n) is 16.2. The molecule has 2 N–H and O–H groups in total. The van der Waals surface area contributed by atoms with E-state index < -0.39 is 29.7 Å². The van der Waals surface area contributed by atoms with Gasteiger partial charge in [0.25, 0.3) is 5.91 Å². The smallest absolute Gasteiger partial charge is 0.360 e. The molecule has 0 spiro atoms. The molecule has 1 atom stereocenters. The lowest BCUT2D eigenvalue weighted by Gasteiger charge is -2.35. The van der Waals surface area contributed by atoms with Crippen LogP contribution in [0.25, 0.3) is 0 Å². The fourth-order valence-electron chi connectivity index (χ4n) is 3.18. The molecule has 0 radical (unpaired) electrons. The molecule has 2 heterocycles. The third kappa shape index (κ3) is 4.22. The fourth-order valence-corrected chi connectivity index (χ4v) is 3.18. The van der Waals surface area contributed by atoms with E-state index in [2.05, 4.69) is 22.4 Å². The van der Waals surface area contributed by atoms with Crippen LogP contribution in [-0.4, -0.2) is 28.5 Å². The van der Waals surface area contributed by atoms with Crippen LogP contribution in [0.5, 0.6) is 0 Å². The number of aryl methyl sites for hydroxylation is 1. The van der Waals surface area contributed by atoms with E-state index in [4.69, 9.17) is 4.52 Å². The molecule has 1 aliphatic rings. The molecular formula is C20H19F3N4O3. The number of hydrogen-bond acceptors (Lipinski definition) is 4. The maximum Gasteiger partial charge on any atom is 0.416 e. The van der Waals surface area contributed by atoms with Crippen LogP contribution in [0.4, 0.5) is 23.8 Å². The highest BCUT2D eigenvalue weighted by Gasteiger charge is 2.37. The van der Waals surface area contributed by atoms with Crippen LogP contribution in [0.3, 0.4) is 0 Å². The van der Waals surface area contributed by atoms with Crippen LogP contribution < -0.4 is 10.6 Å². The molecule has 158 valence electrons. The molecule has 3 rings (SSSR count). The topological polar surface area (TPSA) is 87.5 Å². The molecule has 0 fully saturated rings. The summed E-state index contributed by atoms with van der Waals surface area (Å²) >= 11 is 0. The second kappa shape index (κ2) is 8.05. The van der Waals surface area contributed by atoms with Crippen LogP contribution in [-0.2, 0) is 11.0 Å². The Morgan fingerprint density at radius 1 is 1.37 bits per heavy atom. The number of nitrogens with one attached hydrogen (secondary N) is 2. The highest BCUT2D eigenvalue weighted by molar-refractivity contribution is 6.06. The van der Waals surface area contributed by atoms with Crippen LogP contribution in [0, 0.1) is 6.92 Å². The SMILES string of the molecule is C=CCN1C(=O)N[C@H](c2cccc(C(F)(F)F)c2)C(C(=O)Nc2cc(C)on2)=C1C. The molecule has 1 aromatic carbocycles. The Hall–Kier alpha value is -3.56. The molecule has 30 heavy (non-hydrogen) atoms. The van der Waals surface area contributed by atoms with Crippen LogP contribution in [0.15, 0.2) is 58.8 Å². The zero-order valence-corrected chi connectivity index (χ0v) is 16.2. The van der Waals surface area contributed by atoms with E-state index in [1.165, 1.54) is 29.2 Å². The summed E-state index contributed by atoms with van der Waals surface area (Å²) in [7, 11) is 0. The fraction of sp³-hybridized carbons (Fsp3) is 0.250. The van der Waals surface area contributed by atoms with E-state index in [1.807, 2.05) is 0 Å². The van der Waals surface area contributed by atoms with Gasteiger partial charge in [-0.05, 0) is 31.5 Å². The van der Waals surface area contributed by atoms with E-state index in [9.17, 15) is 22.8 Å². The summed E-state index contributed by atoms with van der Waals surface area (Å²) in [6, 6.07) is 4.34. The number of hydrogen-bond donors (Lipinski definition) is 2. The number of aromatic nitrogens is 1. The Balaban J connectivity index is 2.07. The third-order valence-corrected chi connectivity index (χ3v) is 4.57. The molecule has 3 amide bonds. The Morgan fingerprint density at radius 3 is 2.70 bits per heavy atom. The Kier molecular flexibility index (Phi) is 5.68. The normalized spacial score (nSPS) is 17.0. The van der Waals surface area contributed by atoms with Gasteiger partial charge in [-0.1, -0.05) is 23.4 Å². The van der Waals surface area contributed by atoms with Crippen molar-refractivity contribution < 1.29 is 27.3 Å². The zero-order chi connectivity index (χ0) is 22.1. The molecule has 7 nitrogen and oxygen atoms in total. The largest absolute Gasteiger partial charge is 0.416 e. The average molecular weight is 420 g/mol. The summed E-state index contributed by atoms with van der Waals surface area (Å²) in [4.78, 5) is 26.9. The van der Waals surface area contributed by atoms with Crippen molar-refractivity contribution in [2.75, 3.05) is 11.9 Å². The summed E-state index contributed by atoms with van der Waals surface area (Å²) in [5.41, 5.74) is -0.389. The minimum Gasteiger partial charge on any atom is -0.360 e. The Morgan fingerprint density at radius 2 is 2.10 bits per heavy atom. The average Bonchev–Trinajstić information content (AvgIpc) is 3.08. The number of nitrogens with zero attached hydrogens (tertiary/aromatic N) is 2. The van der Waals surface area contributed by atoms with Crippen molar-refractivity contribution in [1.29, 1.82) is 0 Å². The van der Waals surface area contributed by atoms with Gasteiger partial charge in [0, 0.05) is 18.3 Å². The quantitative estimate of drug-likeness (QED) is 0.711. The highest BCUT2D eigenvalue weighted by Crippen LogP contribution is 2.35. The van der Waals surface area contributed by atoms with E-state index in [0.29, 0.717) is 11.5 Å². The number of urea groups is 1. The summed E-state index contributed by atoms with van der Waals surface area (Å²) < 4.78 is 44.5. The summed E-state index contributed by atoms with van der Waals surface area (Å²) in [6.07, 6.45) is -3.09. The van der Waals surface area contributed by atoms with E-state index in [1.54, 1.807) is 13.8 Å². The minimum absolute atomic E-state index is 0.0800. The number of allylic oxidation sites excluding steroid dienone is 1. The van der Waals surface area contributed by atoms with Crippen molar-refractivity contribution in [2.45, 2.75) is 26.1 Å². The van der Waals surface area contributed by atoms with Crippen molar-refractivity contribution in [3.05, 3.63) is 71.1 Å². The molecular weight excluding hydrogens is 401 g/mol. The number of carbonyl (C=O) groups is 2. The second-order valence-electron chi connectivity index (χ2n) is 6.68. The molecule has 10 heteroatoms. The van der Waals surface area contributed by atoms with Crippen LogP contribution in [0.1, 0.15) is 29.9 Å². The maximum absolute atomic E-state index is 13.2. The second-order valence-corrected chi connectivity index (χ2v) is 6.68. The molecule has 0 aliphatic carbocycles. The number of rotatable bonds is 5. The van der Waals surface area contributed by atoms with Gasteiger partial charge >= 0.3 is 12.2 Å². The van der Waals surface area contributed by atoms with Gasteiger partial charge in [-0.15, -0.1) is 6.58 Å². The Bertz CT molecular complexity index is 1030. The summed E-state index contributed by atoms with van der Waals surface area (Å²) in [5, 5.41) is 8.86. The number of benzene rings is 1. The van der Waals surface area contributed by atoms with Gasteiger partial charge in [-0.2, -0.15) is 13.2 Å². The summed E-state index contributed by atoms with van der Waals surface area (Å²) in [5.74, 6) is -0.0132. The van der Waals surface area contributed by atoms with Gasteiger partial charge in [0.15, 0.2) is 5.82 Å². The van der Waals surface area contributed by atoms with Gasteiger partial charge in [0.1, 0.15) is 5.76 Å². The standard InChI is InChI=1S/C20H19F3N4O3/c1-4-8-27-12(3)16(18(28)24-15-9-11(2)30-26-15)17(25-19(27)29)13-6-5-7-14(10-13)20(21,22)23/h4-7,9-10,17H,1,8H2,2-3H3,(H,25,29)(H,24,26,28)/t17-/m1/s1. The number of carbonyl (C=O) groups excluding carboxylic acids is 2. The number of amides is 3. The van der Waals surface area contributed by atoms with Crippen molar-refractivity contribution in [3.8, 4) is 0 Å². The van der Waals surface area contributed by atoms with Gasteiger partial charge in [0.05, 0.1) is 17.2 Å². The molecule has 0 saturated carbocycles. The Labute approximate surface area is 170 Å². The van der Waals surface area contributed by atoms with Crippen LogP contribution in [0.2, 0.25) is 0 Å². The first-order valence-electron chi connectivity index (χ1n) is 8.93. The first kappa shape index (κ1) is 21.2. The van der Waals surface area contributed by atoms with Crippen molar-refractivity contribution in [2.24, 2.45) is 0 Å². The molecule has 0 bridgehead atoms.